The highest BCUT2D eigenvalue weighted by Crippen LogP contribution is 2.08. The van der Waals surface area contributed by atoms with Crippen molar-refractivity contribution in [1.82, 2.24) is 15.2 Å². The van der Waals surface area contributed by atoms with Crippen molar-refractivity contribution >= 4 is 29.1 Å². The van der Waals surface area contributed by atoms with Crippen LogP contribution < -0.4 is 10.6 Å². The molecule has 0 atom stereocenters. The summed E-state index contributed by atoms with van der Waals surface area (Å²) in [5.74, 6) is 0.968. The largest absolute Gasteiger partial charge is 0.361 e. The molecule has 0 radical (unpaired) electrons. The van der Waals surface area contributed by atoms with Crippen LogP contribution in [0.5, 0.6) is 0 Å². The number of thiocarbonyl (C=S) groups is 1. The number of carbonyl (C=O) groups is 1. The van der Waals surface area contributed by atoms with Crippen molar-refractivity contribution in [2.75, 3.05) is 25.0 Å². The van der Waals surface area contributed by atoms with Crippen LogP contribution in [0.1, 0.15) is 18.5 Å². The van der Waals surface area contributed by atoms with Gasteiger partial charge in [0.25, 0.3) is 0 Å². The first-order chi connectivity index (χ1) is 9.15. The van der Waals surface area contributed by atoms with Gasteiger partial charge in [0.15, 0.2) is 5.11 Å². The minimum atomic E-state index is 0.237. The van der Waals surface area contributed by atoms with E-state index in [1.165, 1.54) is 0 Å². The number of pyridine rings is 1. The van der Waals surface area contributed by atoms with E-state index in [9.17, 15) is 4.79 Å². The zero-order chi connectivity index (χ0) is 13.7. The van der Waals surface area contributed by atoms with Crippen molar-refractivity contribution in [2.45, 2.75) is 19.8 Å². The van der Waals surface area contributed by atoms with Crippen LogP contribution in [0.25, 0.3) is 0 Å². The number of aryl methyl sites for hydroxylation is 1. The number of anilines is 1. The molecule has 2 heterocycles. The molecule has 0 bridgehead atoms. The predicted octanol–water partition coefficient (Wildman–Crippen LogP) is 1.30. The molecule has 19 heavy (non-hydrogen) atoms. The van der Waals surface area contributed by atoms with Crippen LogP contribution in [-0.4, -0.2) is 40.5 Å². The third-order valence-electron chi connectivity index (χ3n) is 2.97. The quantitative estimate of drug-likeness (QED) is 0.813. The van der Waals surface area contributed by atoms with Crippen molar-refractivity contribution in [2.24, 2.45) is 0 Å². The highest BCUT2D eigenvalue weighted by atomic mass is 32.1. The lowest BCUT2D eigenvalue weighted by molar-refractivity contribution is -0.127. The molecule has 1 aliphatic heterocycles. The van der Waals surface area contributed by atoms with Gasteiger partial charge in [0.1, 0.15) is 5.82 Å². The highest BCUT2D eigenvalue weighted by Gasteiger charge is 2.19. The second-order valence-corrected chi connectivity index (χ2v) is 4.94. The number of likely N-dealkylation sites (tertiary alicyclic amines) is 1. The van der Waals surface area contributed by atoms with Crippen molar-refractivity contribution in [1.29, 1.82) is 0 Å². The minimum absolute atomic E-state index is 0.237. The number of nitrogens with zero attached hydrogens (tertiary/aromatic N) is 2. The van der Waals surface area contributed by atoms with Gasteiger partial charge in [0, 0.05) is 31.7 Å². The van der Waals surface area contributed by atoms with Crippen LogP contribution in [0.3, 0.4) is 0 Å². The molecule has 0 saturated carbocycles. The fraction of sp³-hybridized carbons (Fsp3) is 0.462. The van der Waals surface area contributed by atoms with Crippen molar-refractivity contribution in [3.63, 3.8) is 0 Å². The van der Waals surface area contributed by atoms with Crippen LogP contribution in [0, 0.1) is 6.92 Å². The second-order valence-electron chi connectivity index (χ2n) is 4.53. The van der Waals surface area contributed by atoms with E-state index < -0.39 is 0 Å². The van der Waals surface area contributed by atoms with Crippen LogP contribution in [-0.2, 0) is 4.79 Å². The molecule has 102 valence electrons. The Bertz CT molecular complexity index is 477. The molecule has 0 unspecified atom stereocenters. The van der Waals surface area contributed by atoms with Crippen molar-refractivity contribution in [3.05, 3.63) is 23.9 Å². The molecular weight excluding hydrogens is 260 g/mol. The summed E-state index contributed by atoms with van der Waals surface area (Å²) in [6.07, 6.45) is 1.64. The maximum atomic E-state index is 11.4. The number of nitrogens with one attached hydrogen (secondary N) is 2. The Labute approximate surface area is 118 Å². The lowest BCUT2D eigenvalue weighted by Crippen LogP contribution is -2.37. The van der Waals surface area contributed by atoms with Gasteiger partial charge in [-0.25, -0.2) is 4.98 Å². The molecule has 0 spiro atoms. The normalized spacial score (nSPS) is 14.6. The van der Waals surface area contributed by atoms with Gasteiger partial charge in [0.05, 0.1) is 0 Å². The number of carbonyl (C=O) groups excluding carboxylic acids is 1. The van der Waals surface area contributed by atoms with Crippen molar-refractivity contribution < 1.29 is 4.79 Å². The summed E-state index contributed by atoms with van der Waals surface area (Å²) in [4.78, 5) is 17.6. The van der Waals surface area contributed by atoms with Gasteiger partial charge in [-0.15, -0.1) is 0 Å². The molecule has 1 saturated heterocycles. The van der Waals surface area contributed by atoms with E-state index >= 15 is 0 Å². The monoisotopic (exact) mass is 278 g/mol. The second kappa shape index (κ2) is 6.47. The average Bonchev–Trinajstić information content (AvgIpc) is 2.75. The van der Waals surface area contributed by atoms with E-state index in [1.54, 1.807) is 0 Å². The van der Waals surface area contributed by atoms with E-state index in [4.69, 9.17) is 12.2 Å². The van der Waals surface area contributed by atoms with Crippen LogP contribution >= 0.6 is 12.2 Å². The number of amides is 1. The topological polar surface area (TPSA) is 57.3 Å². The fourth-order valence-electron chi connectivity index (χ4n) is 2.02. The van der Waals surface area contributed by atoms with Gasteiger partial charge in [0.2, 0.25) is 5.91 Å². The van der Waals surface area contributed by atoms with Crippen LogP contribution in [0.2, 0.25) is 0 Å². The first-order valence-corrected chi connectivity index (χ1v) is 6.82. The Hall–Kier alpha value is -1.69. The zero-order valence-corrected chi connectivity index (χ0v) is 11.8. The van der Waals surface area contributed by atoms with Gasteiger partial charge in [-0.05, 0) is 37.7 Å². The lowest BCUT2D eigenvalue weighted by atomic mass is 10.4. The summed E-state index contributed by atoms with van der Waals surface area (Å²) >= 11 is 5.18. The SMILES string of the molecule is Cc1cccc(NC(=S)NCCN2CCCC2=O)n1. The van der Waals surface area contributed by atoms with Crippen molar-refractivity contribution in [3.8, 4) is 0 Å². The Balaban J connectivity index is 1.71. The number of hydrogen-bond acceptors (Lipinski definition) is 3. The van der Waals surface area contributed by atoms with E-state index in [-0.39, 0.29) is 5.91 Å². The molecule has 1 aromatic heterocycles. The molecule has 1 fully saturated rings. The molecule has 1 aliphatic rings. The highest BCUT2D eigenvalue weighted by molar-refractivity contribution is 7.80. The summed E-state index contributed by atoms with van der Waals surface area (Å²) in [6.45, 7) is 4.14. The van der Waals surface area contributed by atoms with Gasteiger partial charge >= 0.3 is 0 Å². The Morgan fingerprint density at radius 1 is 1.53 bits per heavy atom. The summed E-state index contributed by atoms with van der Waals surface area (Å²) in [6, 6.07) is 5.72. The van der Waals surface area contributed by atoms with E-state index in [0.29, 0.717) is 24.6 Å². The first-order valence-electron chi connectivity index (χ1n) is 6.41. The van der Waals surface area contributed by atoms with E-state index in [0.717, 1.165) is 24.5 Å². The molecule has 6 heteroatoms. The molecular formula is C13H18N4OS. The smallest absolute Gasteiger partial charge is 0.222 e. The molecule has 5 nitrogen and oxygen atoms in total. The third-order valence-corrected chi connectivity index (χ3v) is 3.21. The third kappa shape index (κ3) is 4.17. The average molecular weight is 278 g/mol. The number of aromatic nitrogens is 1. The molecule has 2 rings (SSSR count). The summed E-state index contributed by atoms with van der Waals surface area (Å²) in [5, 5.41) is 6.64. The van der Waals surface area contributed by atoms with E-state index in [2.05, 4.69) is 15.6 Å². The minimum Gasteiger partial charge on any atom is -0.361 e. The van der Waals surface area contributed by atoms with Gasteiger partial charge in [-0.1, -0.05) is 6.07 Å². The number of rotatable bonds is 4. The van der Waals surface area contributed by atoms with Gasteiger partial charge < -0.3 is 15.5 Å². The maximum Gasteiger partial charge on any atom is 0.222 e. The molecule has 0 aliphatic carbocycles. The van der Waals surface area contributed by atoms with Crippen LogP contribution in [0.15, 0.2) is 18.2 Å². The van der Waals surface area contributed by atoms with Gasteiger partial charge in [-0.2, -0.15) is 0 Å². The fourth-order valence-corrected chi connectivity index (χ4v) is 2.22. The van der Waals surface area contributed by atoms with Gasteiger partial charge in [-0.3, -0.25) is 4.79 Å². The summed E-state index contributed by atoms with van der Waals surface area (Å²) in [7, 11) is 0. The maximum absolute atomic E-state index is 11.4. The Morgan fingerprint density at radius 2 is 2.37 bits per heavy atom. The first kappa shape index (κ1) is 13.7. The van der Waals surface area contributed by atoms with E-state index in [1.807, 2.05) is 30.0 Å². The molecule has 0 aromatic carbocycles. The number of hydrogen-bond donors (Lipinski definition) is 2. The van der Waals surface area contributed by atoms with Crippen LogP contribution in [0.4, 0.5) is 5.82 Å². The summed E-state index contributed by atoms with van der Waals surface area (Å²) < 4.78 is 0. The molecule has 2 N–H and O–H groups in total. The lowest BCUT2D eigenvalue weighted by Gasteiger charge is -2.16. The standard InChI is InChI=1S/C13H18N4OS/c1-10-4-2-5-11(15-10)16-13(19)14-7-9-17-8-3-6-12(17)18/h2,4-5H,3,6-9H2,1H3,(H2,14,15,16,19). The Morgan fingerprint density at radius 3 is 3.05 bits per heavy atom. The zero-order valence-electron chi connectivity index (χ0n) is 11.0. The molecule has 1 aromatic rings. The Kier molecular flexibility index (Phi) is 4.68. The summed E-state index contributed by atoms with van der Waals surface area (Å²) in [5.41, 5.74) is 0.940. The predicted molar refractivity (Wildman–Crippen MR) is 79.0 cm³/mol. The molecule has 1 amide bonds.